The number of amides is 2. The number of alkyl carbamates (subject to hydrolysis) is 1. The van der Waals surface area contributed by atoms with Gasteiger partial charge in [0.25, 0.3) is 0 Å². The van der Waals surface area contributed by atoms with Crippen LogP contribution in [-0.4, -0.2) is 49.7 Å². The molecule has 9 heteroatoms. The number of hydrogen-bond donors (Lipinski definition) is 5. The molecule has 0 spiro atoms. The first kappa shape index (κ1) is 22.3. The molecule has 1 unspecified atom stereocenters. The van der Waals surface area contributed by atoms with E-state index < -0.39 is 11.7 Å². The van der Waals surface area contributed by atoms with E-state index in [2.05, 4.69) is 20.9 Å². The van der Waals surface area contributed by atoms with Gasteiger partial charge in [0.2, 0.25) is 5.91 Å². The number of nitrogens with two attached hydrogens (primary N) is 1. The molecule has 1 atom stereocenters. The van der Waals surface area contributed by atoms with Crippen LogP contribution in [0.15, 0.2) is 24.3 Å². The van der Waals surface area contributed by atoms with Crippen molar-refractivity contribution in [2.24, 2.45) is 11.7 Å². The molecule has 0 aromatic heterocycles. The number of nitrogens with zero attached hydrogens (tertiary/aromatic N) is 1. The maximum absolute atomic E-state index is 12.0. The summed E-state index contributed by atoms with van der Waals surface area (Å²) in [6, 6.07) is 7.78. The number of carbonyl (C=O) groups excluding carboxylic acids is 2. The minimum atomic E-state index is -0.598. The fourth-order valence-electron chi connectivity index (χ4n) is 3.16. The molecule has 29 heavy (non-hydrogen) atoms. The molecule has 1 saturated heterocycles. The summed E-state index contributed by atoms with van der Waals surface area (Å²) >= 11 is 0. The lowest BCUT2D eigenvalue weighted by Crippen LogP contribution is -2.44. The van der Waals surface area contributed by atoms with E-state index in [-0.39, 0.29) is 18.4 Å². The third-order valence-corrected chi connectivity index (χ3v) is 4.41. The van der Waals surface area contributed by atoms with Crippen LogP contribution >= 0.6 is 0 Å². The van der Waals surface area contributed by atoms with E-state index >= 15 is 0 Å². The van der Waals surface area contributed by atoms with Crippen LogP contribution in [0.25, 0.3) is 0 Å². The van der Waals surface area contributed by atoms with Crippen LogP contribution in [0.1, 0.15) is 33.6 Å². The fraction of sp³-hybridized carbons (Fsp3) is 0.550. The van der Waals surface area contributed by atoms with Gasteiger partial charge in [-0.05, 0) is 63.8 Å². The second-order valence-corrected chi connectivity index (χ2v) is 8.20. The quantitative estimate of drug-likeness (QED) is 0.363. The fourth-order valence-corrected chi connectivity index (χ4v) is 3.16. The van der Waals surface area contributed by atoms with Gasteiger partial charge in [-0.2, -0.15) is 0 Å². The van der Waals surface area contributed by atoms with Crippen molar-refractivity contribution in [3.8, 4) is 0 Å². The number of carbonyl (C=O) groups is 2. The Balaban J connectivity index is 1.75. The molecule has 1 aliphatic heterocycles. The summed E-state index contributed by atoms with van der Waals surface area (Å²) in [6.45, 7) is 7.59. The molecule has 2 rings (SSSR count). The van der Waals surface area contributed by atoms with Crippen LogP contribution in [-0.2, 0) is 9.53 Å². The Kier molecular flexibility index (Phi) is 7.69. The summed E-state index contributed by atoms with van der Waals surface area (Å²) < 4.78 is 5.12. The second kappa shape index (κ2) is 9.99. The number of hydrogen-bond acceptors (Lipinski definition) is 5. The second-order valence-electron chi connectivity index (χ2n) is 8.20. The molecule has 1 fully saturated rings. The standard InChI is InChI=1S/C20H32N6O3/c1-20(2,3)29-19(28)24-12-17(27)23-11-14-5-4-10-26(13-14)16-8-6-15(7-9-16)25-18(21)22/h6-9,14H,4-5,10-13H2,1-3H3,(H,23,27)(H,24,28)(H4,21,22,25). The molecule has 160 valence electrons. The Bertz CT molecular complexity index is 714. The Morgan fingerprint density at radius 1 is 1.24 bits per heavy atom. The molecule has 1 aliphatic rings. The van der Waals surface area contributed by atoms with Gasteiger partial charge in [0.1, 0.15) is 5.60 Å². The number of nitrogens with one attached hydrogen (secondary N) is 4. The van der Waals surface area contributed by atoms with Crippen molar-refractivity contribution >= 4 is 29.3 Å². The number of ether oxygens (including phenoxy) is 1. The Hall–Kier alpha value is -2.97. The molecule has 1 heterocycles. The summed E-state index contributed by atoms with van der Waals surface area (Å²) in [5.74, 6) is 0.0181. The van der Waals surface area contributed by atoms with Gasteiger partial charge in [0, 0.05) is 31.0 Å². The highest BCUT2D eigenvalue weighted by Crippen LogP contribution is 2.24. The average Bonchev–Trinajstić information content (AvgIpc) is 2.64. The van der Waals surface area contributed by atoms with Crippen LogP contribution in [0.5, 0.6) is 0 Å². The molecule has 1 aromatic carbocycles. The molecular formula is C20H32N6O3. The number of rotatable bonds is 6. The first-order valence-electron chi connectivity index (χ1n) is 9.82. The van der Waals surface area contributed by atoms with Crippen LogP contribution in [0.3, 0.4) is 0 Å². The molecule has 9 nitrogen and oxygen atoms in total. The zero-order valence-corrected chi connectivity index (χ0v) is 17.4. The molecular weight excluding hydrogens is 372 g/mol. The number of guanidine groups is 1. The third-order valence-electron chi connectivity index (χ3n) is 4.41. The Morgan fingerprint density at radius 3 is 2.55 bits per heavy atom. The molecule has 0 saturated carbocycles. The lowest BCUT2D eigenvalue weighted by Gasteiger charge is -2.34. The van der Waals surface area contributed by atoms with E-state index in [1.165, 1.54) is 0 Å². The van der Waals surface area contributed by atoms with Gasteiger partial charge in [-0.3, -0.25) is 10.2 Å². The van der Waals surface area contributed by atoms with E-state index in [0.29, 0.717) is 12.5 Å². The number of piperidine rings is 1. The normalized spacial score (nSPS) is 16.7. The first-order valence-corrected chi connectivity index (χ1v) is 9.82. The summed E-state index contributed by atoms with van der Waals surface area (Å²) in [5, 5.41) is 15.4. The van der Waals surface area contributed by atoms with Gasteiger partial charge < -0.3 is 31.3 Å². The van der Waals surface area contributed by atoms with Gasteiger partial charge >= 0.3 is 6.09 Å². The predicted molar refractivity (Wildman–Crippen MR) is 114 cm³/mol. The van der Waals surface area contributed by atoms with E-state index in [9.17, 15) is 9.59 Å². The predicted octanol–water partition coefficient (Wildman–Crippen LogP) is 1.85. The van der Waals surface area contributed by atoms with E-state index in [1.807, 2.05) is 24.3 Å². The van der Waals surface area contributed by atoms with Gasteiger partial charge in [-0.25, -0.2) is 4.79 Å². The molecule has 6 N–H and O–H groups in total. The highest BCUT2D eigenvalue weighted by molar-refractivity contribution is 5.89. The summed E-state index contributed by atoms with van der Waals surface area (Å²) in [6.07, 6.45) is 1.49. The van der Waals surface area contributed by atoms with Crippen molar-refractivity contribution in [1.82, 2.24) is 10.6 Å². The largest absolute Gasteiger partial charge is 0.444 e. The van der Waals surface area contributed by atoms with Crippen LogP contribution in [0.4, 0.5) is 16.2 Å². The lowest BCUT2D eigenvalue weighted by molar-refractivity contribution is -0.120. The van der Waals surface area contributed by atoms with Crippen molar-refractivity contribution in [3.63, 3.8) is 0 Å². The summed E-state index contributed by atoms with van der Waals surface area (Å²) in [5.41, 5.74) is 6.63. The van der Waals surface area contributed by atoms with Gasteiger partial charge in [-0.15, -0.1) is 0 Å². The third kappa shape index (κ3) is 8.28. The smallest absolute Gasteiger partial charge is 0.408 e. The first-order chi connectivity index (χ1) is 13.6. The van der Waals surface area contributed by atoms with Crippen molar-refractivity contribution in [3.05, 3.63) is 24.3 Å². The lowest BCUT2D eigenvalue weighted by atomic mass is 9.97. The molecule has 1 aromatic rings. The Morgan fingerprint density at radius 2 is 1.93 bits per heavy atom. The topological polar surface area (TPSA) is 133 Å². The molecule has 0 bridgehead atoms. The zero-order chi connectivity index (χ0) is 21.4. The molecule has 0 aliphatic carbocycles. The summed E-state index contributed by atoms with van der Waals surface area (Å²) in [7, 11) is 0. The average molecular weight is 405 g/mol. The highest BCUT2D eigenvalue weighted by atomic mass is 16.6. The summed E-state index contributed by atoms with van der Waals surface area (Å²) in [4.78, 5) is 25.9. The van der Waals surface area contributed by atoms with E-state index in [0.717, 1.165) is 37.3 Å². The van der Waals surface area contributed by atoms with Crippen molar-refractivity contribution in [1.29, 1.82) is 5.41 Å². The maximum atomic E-state index is 12.0. The van der Waals surface area contributed by atoms with E-state index in [4.69, 9.17) is 15.9 Å². The van der Waals surface area contributed by atoms with Crippen LogP contribution < -0.4 is 26.6 Å². The van der Waals surface area contributed by atoms with Crippen LogP contribution in [0, 0.1) is 11.3 Å². The zero-order valence-electron chi connectivity index (χ0n) is 17.4. The minimum Gasteiger partial charge on any atom is -0.444 e. The van der Waals surface area contributed by atoms with Crippen molar-refractivity contribution in [2.45, 2.75) is 39.2 Å². The SMILES string of the molecule is CC(C)(C)OC(=O)NCC(=O)NCC1CCCN(c2ccc(NC(=N)N)cc2)C1. The van der Waals surface area contributed by atoms with Gasteiger partial charge in [0.05, 0.1) is 6.54 Å². The number of benzene rings is 1. The minimum absolute atomic E-state index is 0.0901. The van der Waals surface area contributed by atoms with Gasteiger partial charge in [0.15, 0.2) is 5.96 Å². The molecule has 2 amide bonds. The van der Waals surface area contributed by atoms with Crippen LogP contribution in [0.2, 0.25) is 0 Å². The van der Waals surface area contributed by atoms with Gasteiger partial charge in [-0.1, -0.05) is 0 Å². The Labute approximate surface area is 171 Å². The van der Waals surface area contributed by atoms with E-state index in [1.54, 1.807) is 20.8 Å². The molecule has 0 radical (unpaired) electrons. The van der Waals surface area contributed by atoms with Crippen molar-refractivity contribution < 1.29 is 14.3 Å². The monoisotopic (exact) mass is 404 g/mol. The van der Waals surface area contributed by atoms with Crippen molar-refractivity contribution in [2.75, 3.05) is 36.4 Å². The number of anilines is 2. The highest BCUT2D eigenvalue weighted by Gasteiger charge is 2.21. The maximum Gasteiger partial charge on any atom is 0.408 e.